The van der Waals surface area contributed by atoms with Crippen LogP contribution >= 0.6 is 0 Å². The zero-order valence-corrected chi connectivity index (χ0v) is 14.7. The Kier molecular flexibility index (Phi) is 7.26. The van der Waals surface area contributed by atoms with Crippen LogP contribution in [0.25, 0.3) is 6.08 Å². The number of pyridine rings is 1. The SMILES string of the molecule is C[C@@H](N)[C@H](NC(=O)c1ccc(/C=C/C#Cc2cccnc2)cc1)C(=O)NO. The molecule has 0 saturated carbocycles. The summed E-state index contributed by atoms with van der Waals surface area (Å²) in [5.41, 5.74) is 9.21. The van der Waals surface area contributed by atoms with Crippen molar-refractivity contribution in [3.05, 3.63) is 71.6 Å². The molecule has 2 rings (SSSR count). The Hall–Kier alpha value is -3.47. The van der Waals surface area contributed by atoms with E-state index in [1.165, 1.54) is 5.48 Å². The molecule has 0 aliphatic heterocycles. The van der Waals surface area contributed by atoms with Crippen molar-refractivity contribution in [3.8, 4) is 11.8 Å². The Labute approximate surface area is 157 Å². The molecule has 0 radical (unpaired) electrons. The monoisotopic (exact) mass is 364 g/mol. The smallest absolute Gasteiger partial charge is 0.267 e. The highest BCUT2D eigenvalue weighted by molar-refractivity contribution is 5.97. The number of hydroxylamine groups is 1. The lowest BCUT2D eigenvalue weighted by atomic mass is 10.1. The molecule has 1 aromatic carbocycles. The molecule has 2 atom stereocenters. The minimum absolute atomic E-state index is 0.366. The van der Waals surface area contributed by atoms with Crippen LogP contribution in [-0.4, -0.2) is 34.1 Å². The zero-order chi connectivity index (χ0) is 19.6. The second-order valence-corrected chi connectivity index (χ2v) is 5.75. The summed E-state index contributed by atoms with van der Waals surface area (Å²) in [6.45, 7) is 1.56. The van der Waals surface area contributed by atoms with Gasteiger partial charge in [0.05, 0.1) is 0 Å². The minimum atomic E-state index is -1.04. The fourth-order valence-corrected chi connectivity index (χ4v) is 2.18. The molecular formula is C20H20N4O3. The first-order valence-corrected chi connectivity index (χ1v) is 8.20. The third-order valence-electron chi connectivity index (χ3n) is 3.62. The molecule has 27 heavy (non-hydrogen) atoms. The predicted octanol–water partition coefficient (Wildman–Crippen LogP) is 1.10. The molecule has 5 N–H and O–H groups in total. The third kappa shape index (κ3) is 6.08. The van der Waals surface area contributed by atoms with Gasteiger partial charge in [0, 0.05) is 29.6 Å². The van der Waals surface area contributed by atoms with Crippen LogP contribution in [-0.2, 0) is 4.79 Å². The largest absolute Gasteiger partial charge is 0.339 e. The van der Waals surface area contributed by atoms with E-state index in [0.717, 1.165) is 11.1 Å². The highest BCUT2D eigenvalue weighted by Gasteiger charge is 2.24. The maximum atomic E-state index is 12.2. The van der Waals surface area contributed by atoms with Gasteiger partial charge in [-0.25, -0.2) is 5.48 Å². The molecule has 0 bridgehead atoms. The Bertz CT molecular complexity index is 866. The number of carbonyl (C=O) groups is 2. The van der Waals surface area contributed by atoms with Crippen LogP contribution < -0.4 is 16.5 Å². The average molecular weight is 364 g/mol. The lowest BCUT2D eigenvalue weighted by molar-refractivity contribution is -0.131. The fourth-order valence-electron chi connectivity index (χ4n) is 2.18. The molecule has 1 heterocycles. The third-order valence-corrected chi connectivity index (χ3v) is 3.62. The maximum absolute atomic E-state index is 12.2. The predicted molar refractivity (Wildman–Crippen MR) is 101 cm³/mol. The van der Waals surface area contributed by atoms with Gasteiger partial charge in [0.1, 0.15) is 6.04 Å². The van der Waals surface area contributed by atoms with Gasteiger partial charge in [-0.3, -0.25) is 19.8 Å². The van der Waals surface area contributed by atoms with Gasteiger partial charge in [-0.1, -0.05) is 24.0 Å². The number of amides is 2. The number of hydrogen-bond acceptors (Lipinski definition) is 5. The number of allylic oxidation sites excluding steroid dienone is 1. The molecule has 0 saturated heterocycles. The van der Waals surface area contributed by atoms with Crippen molar-refractivity contribution in [3.63, 3.8) is 0 Å². The summed E-state index contributed by atoms with van der Waals surface area (Å²) in [5.74, 6) is 4.63. The summed E-state index contributed by atoms with van der Waals surface area (Å²) in [7, 11) is 0. The van der Waals surface area contributed by atoms with Crippen molar-refractivity contribution in [2.45, 2.75) is 19.0 Å². The van der Waals surface area contributed by atoms with Gasteiger partial charge < -0.3 is 11.1 Å². The Morgan fingerprint density at radius 1 is 1.26 bits per heavy atom. The second kappa shape index (κ2) is 9.87. The molecule has 0 fully saturated rings. The first kappa shape index (κ1) is 19.8. The van der Waals surface area contributed by atoms with Crippen molar-refractivity contribution in [2.75, 3.05) is 0 Å². The van der Waals surface area contributed by atoms with E-state index in [9.17, 15) is 9.59 Å². The minimum Gasteiger partial charge on any atom is -0.339 e. The quantitative estimate of drug-likeness (QED) is 0.360. The van der Waals surface area contributed by atoms with Crippen molar-refractivity contribution in [1.29, 1.82) is 0 Å². The van der Waals surface area contributed by atoms with Crippen LogP contribution in [0.4, 0.5) is 0 Å². The molecule has 0 spiro atoms. The van der Waals surface area contributed by atoms with Gasteiger partial charge >= 0.3 is 0 Å². The van der Waals surface area contributed by atoms with Crippen molar-refractivity contribution < 1.29 is 14.8 Å². The maximum Gasteiger partial charge on any atom is 0.267 e. The molecule has 7 nitrogen and oxygen atoms in total. The van der Waals surface area contributed by atoms with Crippen LogP contribution in [0.3, 0.4) is 0 Å². The van der Waals surface area contributed by atoms with Gasteiger partial charge in [0.25, 0.3) is 11.8 Å². The molecule has 138 valence electrons. The molecule has 2 aromatic rings. The molecule has 0 aliphatic carbocycles. The van der Waals surface area contributed by atoms with E-state index in [-0.39, 0.29) is 0 Å². The van der Waals surface area contributed by atoms with E-state index < -0.39 is 23.9 Å². The lowest BCUT2D eigenvalue weighted by Crippen LogP contribution is -2.54. The molecule has 0 unspecified atom stereocenters. The Morgan fingerprint density at radius 3 is 2.59 bits per heavy atom. The van der Waals surface area contributed by atoms with E-state index in [1.807, 2.05) is 18.2 Å². The number of nitrogens with zero attached hydrogens (tertiary/aromatic N) is 1. The van der Waals surface area contributed by atoms with E-state index >= 15 is 0 Å². The van der Waals surface area contributed by atoms with Crippen LogP contribution in [0.5, 0.6) is 0 Å². The first-order valence-electron chi connectivity index (χ1n) is 8.20. The Balaban J connectivity index is 2.00. The van der Waals surface area contributed by atoms with Crippen LogP contribution in [0.2, 0.25) is 0 Å². The van der Waals surface area contributed by atoms with Crippen molar-refractivity contribution in [1.82, 2.24) is 15.8 Å². The number of benzene rings is 1. The van der Waals surface area contributed by atoms with Gasteiger partial charge in [-0.15, -0.1) is 0 Å². The van der Waals surface area contributed by atoms with E-state index in [4.69, 9.17) is 10.9 Å². The lowest BCUT2D eigenvalue weighted by Gasteiger charge is -2.20. The summed E-state index contributed by atoms with van der Waals surface area (Å²) in [5, 5.41) is 11.2. The molecule has 7 heteroatoms. The number of carbonyl (C=O) groups excluding carboxylic acids is 2. The van der Waals surface area contributed by atoms with Crippen LogP contribution in [0.15, 0.2) is 54.9 Å². The highest BCUT2D eigenvalue weighted by atomic mass is 16.5. The fraction of sp³-hybridized carbons (Fsp3) is 0.150. The normalized spacial score (nSPS) is 12.6. The zero-order valence-electron chi connectivity index (χ0n) is 14.7. The molecule has 2 amide bonds. The summed E-state index contributed by atoms with van der Waals surface area (Å²) in [6.07, 6.45) is 6.89. The first-order chi connectivity index (χ1) is 13.0. The summed E-state index contributed by atoms with van der Waals surface area (Å²) in [4.78, 5) is 27.8. The Morgan fingerprint density at radius 2 is 2.00 bits per heavy atom. The number of nitrogens with one attached hydrogen (secondary N) is 2. The average Bonchev–Trinajstić information content (AvgIpc) is 2.69. The van der Waals surface area contributed by atoms with Crippen molar-refractivity contribution >= 4 is 17.9 Å². The van der Waals surface area contributed by atoms with Gasteiger partial charge in [0.15, 0.2) is 0 Å². The van der Waals surface area contributed by atoms with E-state index in [2.05, 4.69) is 22.1 Å². The second-order valence-electron chi connectivity index (χ2n) is 5.75. The van der Waals surface area contributed by atoms with Crippen LogP contribution in [0.1, 0.15) is 28.4 Å². The number of hydrogen-bond donors (Lipinski definition) is 4. The van der Waals surface area contributed by atoms with Crippen molar-refractivity contribution in [2.24, 2.45) is 5.73 Å². The number of aromatic nitrogens is 1. The number of rotatable bonds is 5. The number of nitrogens with two attached hydrogens (primary N) is 1. The van der Waals surface area contributed by atoms with E-state index in [1.54, 1.807) is 49.7 Å². The summed E-state index contributed by atoms with van der Waals surface area (Å²) < 4.78 is 0. The van der Waals surface area contributed by atoms with Gasteiger partial charge in [-0.05, 0) is 48.9 Å². The van der Waals surface area contributed by atoms with Gasteiger partial charge in [0.2, 0.25) is 0 Å². The highest BCUT2D eigenvalue weighted by Crippen LogP contribution is 2.07. The van der Waals surface area contributed by atoms with Crippen LogP contribution in [0, 0.1) is 11.8 Å². The summed E-state index contributed by atoms with van der Waals surface area (Å²) in [6, 6.07) is 8.74. The summed E-state index contributed by atoms with van der Waals surface area (Å²) >= 11 is 0. The molecular weight excluding hydrogens is 344 g/mol. The standard InChI is InChI=1S/C20H20N4O3/c1-14(21)18(20(26)24-27)23-19(25)17-10-8-15(9-11-17)5-2-3-6-16-7-4-12-22-13-16/h2,4-5,7-14,18,27H,21H2,1H3,(H,23,25)(H,24,26)/b5-2+/t14-,18+/m1/s1. The van der Waals surface area contributed by atoms with Gasteiger partial charge in [-0.2, -0.15) is 0 Å². The topological polar surface area (TPSA) is 117 Å². The van der Waals surface area contributed by atoms with E-state index in [0.29, 0.717) is 5.56 Å². The molecule has 0 aliphatic rings. The molecule has 1 aromatic heterocycles.